The lowest BCUT2D eigenvalue weighted by Crippen LogP contribution is -2.58. The molecule has 4 nitrogen and oxygen atoms in total. The van der Waals surface area contributed by atoms with Crippen molar-refractivity contribution in [2.45, 2.75) is 45.7 Å². The van der Waals surface area contributed by atoms with E-state index in [1.54, 1.807) is 10.4 Å². The average molecular weight is 533 g/mol. The van der Waals surface area contributed by atoms with E-state index >= 15 is 0 Å². The van der Waals surface area contributed by atoms with Gasteiger partial charge in [0.15, 0.2) is 6.54 Å². The fraction of sp³-hybridized carbons (Fsp3) is 0.353. The highest BCUT2D eigenvalue weighted by atomic mass is 28.3. The van der Waals surface area contributed by atoms with Crippen LogP contribution in [-0.2, 0) is 0 Å². The predicted octanol–water partition coefficient (Wildman–Crippen LogP) is 5.27. The summed E-state index contributed by atoms with van der Waals surface area (Å²) in [6, 6.07) is 25.7. The van der Waals surface area contributed by atoms with E-state index in [1.807, 2.05) is 0 Å². The van der Waals surface area contributed by atoms with Crippen molar-refractivity contribution in [3.63, 3.8) is 0 Å². The standard InChI is InChI=1S/C34H40N4Si/c1-4-5-17-37-22-23-38(26-11-7-6-8-12-26)34(37)33-29-15-13-27(35-18-9-19-35)24-31(29)39(2,3)32-25-28(14-16-30(32)33)36-20-10-21-36/h6-8,11-16,22-25H,4-5,9-10,17-21H2,1-3H3/q+2. The first-order chi connectivity index (χ1) is 19.1. The zero-order valence-corrected chi connectivity index (χ0v) is 24.7. The minimum atomic E-state index is -1.95. The van der Waals surface area contributed by atoms with E-state index in [0.29, 0.717) is 0 Å². The summed E-state index contributed by atoms with van der Waals surface area (Å²) < 4.78 is 4.93. The molecule has 0 aliphatic carbocycles. The van der Waals surface area contributed by atoms with Crippen LogP contribution in [0, 0.1) is 0 Å². The van der Waals surface area contributed by atoms with Crippen LogP contribution in [0.4, 0.5) is 17.1 Å². The van der Waals surface area contributed by atoms with Crippen LogP contribution < -0.4 is 20.2 Å². The van der Waals surface area contributed by atoms with Gasteiger partial charge in [0.2, 0.25) is 18.1 Å². The maximum Gasteiger partial charge on any atom is 0.458 e. The van der Waals surface area contributed by atoms with Crippen LogP contribution in [0.15, 0.2) is 72.6 Å². The second-order valence-electron chi connectivity index (χ2n) is 12.0. The average Bonchev–Trinajstić information content (AvgIpc) is 3.30. The largest absolute Gasteiger partial charge is 0.458 e. The van der Waals surface area contributed by atoms with Gasteiger partial charge >= 0.3 is 5.82 Å². The van der Waals surface area contributed by atoms with Gasteiger partial charge in [0.1, 0.15) is 13.6 Å². The summed E-state index contributed by atoms with van der Waals surface area (Å²) in [6.07, 6.45) is 9.53. The molecule has 198 valence electrons. The molecule has 4 heterocycles. The summed E-state index contributed by atoms with van der Waals surface area (Å²) >= 11 is 0. The highest BCUT2D eigenvalue weighted by Crippen LogP contribution is 2.38. The monoisotopic (exact) mass is 532 g/mol. The number of nitrogens with zero attached hydrogens (tertiary/aromatic N) is 4. The number of anilines is 2. The zero-order chi connectivity index (χ0) is 26.6. The molecule has 7 rings (SSSR count). The maximum atomic E-state index is 2.57. The summed E-state index contributed by atoms with van der Waals surface area (Å²) in [4.78, 5) is 5.09. The van der Waals surface area contributed by atoms with E-state index < -0.39 is 8.07 Å². The van der Waals surface area contributed by atoms with Crippen molar-refractivity contribution >= 4 is 53.5 Å². The third-order valence-corrected chi connectivity index (χ3v) is 12.8. The van der Waals surface area contributed by atoms with Crippen molar-refractivity contribution in [3.8, 4) is 0 Å². The van der Waals surface area contributed by atoms with Crippen LogP contribution in [0.5, 0.6) is 0 Å². The Morgan fingerprint density at radius 3 is 1.85 bits per heavy atom. The molecule has 39 heavy (non-hydrogen) atoms. The Kier molecular flexibility index (Phi) is 6.07. The maximum absolute atomic E-state index is 2.57. The molecule has 2 saturated heterocycles. The van der Waals surface area contributed by atoms with Gasteiger partial charge in [-0.1, -0.05) is 61.3 Å². The molecule has 0 saturated carbocycles. The first kappa shape index (κ1) is 24.6. The zero-order valence-electron chi connectivity index (χ0n) is 23.7. The van der Waals surface area contributed by atoms with Gasteiger partial charge in [-0.2, -0.15) is 0 Å². The van der Waals surface area contributed by atoms with Gasteiger partial charge in [-0.15, -0.1) is 4.58 Å². The lowest BCUT2D eigenvalue weighted by Gasteiger charge is -2.39. The highest BCUT2D eigenvalue weighted by Gasteiger charge is 2.46. The molecule has 2 fully saturated rings. The topological polar surface area (TPSA) is 12.5 Å². The van der Waals surface area contributed by atoms with Crippen LogP contribution in [0.1, 0.15) is 43.7 Å². The second kappa shape index (κ2) is 9.63. The first-order valence-corrected chi connectivity index (χ1v) is 17.9. The smallest absolute Gasteiger partial charge is 0.371 e. The lowest BCUT2D eigenvalue weighted by atomic mass is 9.94. The summed E-state index contributed by atoms with van der Waals surface area (Å²) in [7, 11) is -1.95. The Bertz CT molecular complexity index is 1450. The highest BCUT2D eigenvalue weighted by molar-refractivity contribution is 7.02. The molecule has 0 spiro atoms. The summed E-state index contributed by atoms with van der Waals surface area (Å²) in [5, 5.41) is 3.16. The molecule has 0 aromatic heterocycles. The number of fused-ring (bicyclic) bond motifs is 2. The van der Waals surface area contributed by atoms with Gasteiger partial charge in [-0.3, -0.25) is 0 Å². The summed E-state index contributed by atoms with van der Waals surface area (Å²) in [5.74, 6) is 1.30. The van der Waals surface area contributed by atoms with Crippen molar-refractivity contribution in [2.75, 3.05) is 42.5 Å². The third kappa shape index (κ3) is 4.01. The second-order valence-corrected chi connectivity index (χ2v) is 16.3. The van der Waals surface area contributed by atoms with Gasteiger partial charge in [-0.05, 0) is 58.6 Å². The minimum absolute atomic E-state index is 1.03. The third-order valence-electron chi connectivity index (χ3n) is 9.24. The molecule has 4 aliphatic heterocycles. The molecule has 0 atom stereocenters. The van der Waals surface area contributed by atoms with E-state index in [9.17, 15) is 0 Å². The molecular weight excluding hydrogens is 492 g/mol. The molecule has 5 heteroatoms. The number of benzene rings is 3. The molecule has 0 radical (unpaired) electrons. The molecule has 3 aromatic rings. The van der Waals surface area contributed by atoms with Crippen molar-refractivity contribution < 1.29 is 9.15 Å². The Morgan fingerprint density at radius 2 is 1.33 bits per heavy atom. The van der Waals surface area contributed by atoms with Crippen LogP contribution in [0.25, 0.3) is 5.57 Å². The van der Waals surface area contributed by atoms with E-state index in [2.05, 4.69) is 118 Å². The Hall–Kier alpha value is -3.44. The fourth-order valence-corrected chi connectivity index (χ4v) is 9.68. The van der Waals surface area contributed by atoms with Crippen molar-refractivity contribution in [3.05, 3.63) is 83.7 Å². The summed E-state index contributed by atoms with van der Waals surface area (Å²) in [5.41, 5.74) is 8.28. The van der Waals surface area contributed by atoms with E-state index in [1.165, 1.54) is 91.4 Å². The SMILES string of the molecule is CCCC[N+]1=CC=[N+](c2ccccc2)C1=C1c2ccc(N3CCC3)cc2[Si](C)(C)c2cc(N3CCC3)ccc21. The molecule has 0 N–H and O–H groups in total. The number of hydrogen-bond donors (Lipinski definition) is 0. The molecular formula is C34H40N4Si+2. The van der Waals surface area contributed by atoms with E-state index in [0.717, 1.165) is 6.54 Å². The molecule has 3 aromatic carbocycles. The van der Waals surface area contributed by atoms with Crippen LogP contribution in [0.3, 0.4) is 0 Å². The van der Waals surface area contributed by atoms with E-state index in [4.69, 9.17) is 0 Å². The summed E-state index contributed by atoms with van der Waals surface area (Å²) in [6.45, 7) is 13.2. The predicted molar refractivity (Wildman–Crippen MR) is 168 cm³/mol. The molecule has 0 amide bonds. The van der Waals surface area contributed by atoms with E-state index in [-0.39, 0.29) is 0 Å². The molecule has 4 aliphatic rings. The molecule has 0 bridgehead atoms. The minimum Gasteiger partial charge on any atom is -0.371 e. The van der Waals surface area contributed by atoms with Crippen LogP contribution in [-0.4, -0.2) is 62.4 Å². The van der Waals surface area contributed by atoms with Crippen molar-refractivity contribution in [2.24, 2.45) is 0 Å². The fourth-order valence-electron chi connectivity index (χ4n) is 6.60. The normalized spacial score (nSPS) is 19.2. The molecule has 0 unspecified atom stereocenters. The van der Waals surface area contributed by atoms with Gasteiger partial charge in [-0.25, -0.2) is 0 Å². The Balaban J connectivity index is 1.50. The number of unbranched alkanes of at least 4 members (excludes halogenated alkanes) is 1. The first-order valence-electron chi connectivity index (χ1n) is 14.9. The van der Waals surface area contributed by atoms with Gasteiger partial charge in [0.25, 0.3) is 0 Å². The Morgan fingerprint density at radius 1 is 0.744 bits per heavy atom. The Labute approximate surface area is 234 Å². The number of rotatable bonds is 6. The van der Waals surface area contributed by atoms with Crippen LogP contribution in [0.2, 0.25) is 13.1 Å². The quantitative estimate of drug-likeness (QED) is 0.317. The van der Waals surface area contributed by atoms with Gasteiger partial charge in [0, 0.05) is 56.1 Å². The lowest BCUT2D eigenvalue weighted by molar-refractivity contribution is -0.603. The number of para-hydroxylation sites is 1. The van der Waals surface area contributed by atoms with Gasteiger partial charge in [0.05, 0.1) is 0 Å². The van der Waals surface area contributed by atoms with Gasteiger partial charge < -0.3 is 9.80 Å². The van der Waals surface area contributed by atoms with Crippen molar-refractivity contribution in [1.82, 2.24) is 0 Å². The van der Waals surface area contributed by atoms with Crippen molar-refractivity contribution in [1.29, 1.82) is 0 Å². The van der Waals surface area contributed by atoms with Crippen LogP contribution >= 0.6 is 0 Å². The number of hydrogen-bond acceptors (Lipinski definition) is 2.